The minimum Gasteiger partial charge on any atom is -0.460 e. The van der Waals surface area contributed by atoms with Crippen molar-refractivity contribution in [2.75, 3.05) is 6.61 Å². The SMILES string of the molecule is C=CC(=O)OCC(Br)(Br)C(Br)Br. The Balaban J connectivity index is 3.91. The number of carbonyl (C=O) groups is 1. The van der Waals surface area contributed by atoms with Crippen molar-refractivity contribution in [3.63, 3.8) is 0 Å². The molecule has 70 valence electrons. The second-order valence-corrected chi connectivity index (χ2v) is 8.83. The van der Waals surface area contributed by atoms with Crippen molar-refractivity contribution < 1.29 is 9.53 Å². The van der Waals surface area contributed by atoms with Gasteiger partial charge in [0.1, 0.15) is 9.84 Å². The number of hydrogen-bond acceptors (Lipinski definition) is 2. The highest BCUT2D eigenvalue weighted by Crippen LogP contribution is 2.38. The quantitative estimate of drug-likeness (QED) is 0.389. The molecule has 0 aromatic carbocycles. The zero-order valence-corrected chi connectivity index (χ0v) is 12.2. The molecule has 0 aliphatic carbocycles. The fourth-order valence-electron chi connectivity index (χ4n) is 0.289. The summed E-state index contributed by atoms with van der Waals surface area (Å²) in [5.41, 5.74) is 0. The van der Waals surface area contributed by atoms with Gasteiger partial charge in [-0.1, -0.05) is 70.3 Å². The Morgan fingerprint density at radius 2 is 2.08 bits per heavy atom. The Morgan fingerprint density at radius 1 is 1.58 bits per heavy atom. The molecule has 0 aliphatic rings. The molecular weight excluding hydrogens is 424 g/mol. The van der Waals surface area contributed by atoms with Gasteiger partial charge in [0.2, 0.25) is 0 Å². The number of hydrogen-bond donors (Lipinski definition) is 0. The van der Waals surface area contributed by atoms with E-state index in [-0.39, 0.29) is 10.3 Å². The van der Waals surface area contributed by atoms with Gasteiger partial charge in [-0.3, -0.25) is 0 Å². The number of alkyl halides is 4. The summed E-state index contributed by atoms with van der Waals surface area (Å²) in [6.07, 6.45) is 1.12. The van der Waals surface area contributed by atoms with Crippen LogP contribution in [0.5, 0.6) is 0 Å². The average Bonchev–Trinajstić information content (AvgIpc) is 2.00. The molecule has 0 radical (unpaired) electrons. The molecule has 0 spiro atoms. The largest absolute Gasteiger partial charge is 0.460 e. The van der Waals surface area contributed by atoms with Gasteiger partial charge < -0.3 is 4.74 Å². The first-order valence-electron chi connectivity index (χ1n) is 2.85. The van der Waals surface area contributed by atoms with Crippen LogP contribution in [0.25, 0.3) is 0 Å². The molecule has 0 aromatic rings. The number of carbonyl (C=O) groups excluding carboxylic acids is 1. The average molecular weight is 430 g/mol. The number of rotatable bonds is 4. The second-order valence-electron chi connectivity index (χ2n) is 1.87. The lowest BCUT2D eigenvalue weighted by Gasteiger charge is -2.20. The highest BCUT2D eigenvalue weighted by atomic mass is 79.9. The maximum atomic E-state index is 10.7. The van der Waals surface area contributed by atoms with Gasteiger partial charge in [-0.05, 0) is 0 Å². The molecule has 2 nitrogen and oxygen atoms in total. The molecular formula is C6H6Br4O2. The van der Waals surface area contributed by atoms with Gasteiger partial charge in [-0.2, -0.15) is 0 Å². The third-order valence-electron chi connectivity index (χ3n) is 0.893. The molecule has 0 amide bonds. The predicted molar refractivity (Wildman–Crippen MR) is 63.4 cm³/mol. The molecule has 0 unspecified atom stereocenters. The van der Waals surface area contributed by atoms with Gasteiger partial charge in [0.15, 0.2) is 0 Å². The third kappa shape index (κ3) is 4.99. The zero-order valence-electron chi connectivity index (χ0n) is 5.90. The summed E-state index contributed by atoms with van der Waals surface area (Å²) in [6.45, 7) is 3.47. The van der Waals surface area contributed by atoms with E-state index in [1.807, 2.05) is 0 Å². The summed E-state index contributed by atoms with van der Waals surface area (Å²) in [6, 6.07) is 0. The van der Waals surface area contributed by atoms with E-state index in [4.69, 9.17) is 4.74 Å². The fraction of sp³-hybridized carbons (Fsp3) is 0.500. The van der Waals surface area contributed by atoms with Crippen LogP contribution >= 0.6 is 63.7 Å². The topological polar surface area (TPSA) is 26.3 Å². The summed E-state index contributed by atoms with van der Waals surface area (Å²) in [4.78, 5) is 10.7. The second kappa shape index (κ2) is 5.78. The van der Waals surface area contributed by atoms with Crippen LogP contribution in [0, 0.1) is 0 Å². The first-order valence-corrected chi connectivity index (χ1v) is 6.27. The summed E-state index contributed by atoms with van der Waals surface area (Å²) in [5.74, 6) is -0.445. The van der Waals surface area contributed by atoms with Crippen molar-refractivity contribution in [2.24, 2.45) is 0 Å². The minimum atomic E-state index is -0.501. The van der Waals surface area contributed by atoms with Crippen LogP contribution in [0.4, 0.5) is 0 Å². The zero-order chi connectivity index (χ0) is 9.78. The fourth-order valence-corrected chi connectivity index (χ4v) is 0.783. The van der Waals surface area contributed by atoms with E-state index in [0.717, 1.165) is 6.08 Å². The van der Waals surface area contributed by atoms with Crippen LogP contribution in [-0.2, 0) is 9.53 Å². The highest BCUT2D eigenvalue weighted by molar-refractivity contribution is 9.30. The summed E-state index contributed by atoms with van der Waals surface area (Å²) < 4.78 is 4.26. The van der Waals surface area contributed by atoms with Crippen LogP contribution in [0.3, 0.4) is 0 Å². The molecule has 0 fully saturated rings. The van der Waals surface area contributed by atoms with E-state index >= 15 is 0 Å². The van der Waals surface area contributed by atoms with Crippen molar-refractivity contribution in [3.05, 3.63) is 12.7 Å². The van der Waals surface area contributed by atoms with E-state index in [1.165, 1.54) is 0 Å². The van der Waals surface area contributed by atoms with E-state index in [0.29, 0.717) is 0 Å². The monoisotopic (exact) mass is 426 g/mol. The Labute approximate surface area is 105 Å². The van der Waals surface area contributed by atoms with Crippen molar-refractivity contribution in [3.8, 4) is 0 Å². The molecule has 0 atom stereocenters. The molecule has 6 heteroatoms. The molecule has 0 saturated carbocycles. The Bertz CT molecular complexity index is 178. The standard InChI is InChI=1S/C6H6Br4O2/c1-2-4(11)12-3-6(9,10)5(7)8/h2,5H,1,3H2. The van der Waals surface area contributed by atoms with Crippen LogP contribution in [0.15, 0.2) is 12.7 Å². The predicted octanol–water partition coefficient (Wildman–Crippen LogP) is 3.32. The van der Waals surface area contributed by atoms with Gasteiger partial charge in [-0.15, -0.1) is 0 Å². The Kier molecular flexibility index (Phi) is 6.32. The molecule has 0 N–H and O–H groups in total. The first-order chi connectivity index (χ1) is 5.40. The third-order valence-corrected chi connectivity index (χ3v) is 6.29. The lowest BCUT2D eigenvalue weighted by Crippen LogP contribution is -2.27. The summed E-state index contributed by atoms with van der Waals surface area (Å²) in [5, 5.41) is 0. The van der Waals surface area contributed by atoms with E-state index < -0.39 is 9.20 Å². The molecule has 0 rings (SSSR count). The van der Waals surface area contributed by atoms with Gasteiger partial charge in [0.25, 0.3) is 0 Å². The van der Waals surface area contributed by atoms with Crippen LogP contribution in [0.2, 0.25) is 0 Å². The number of esters is 1. The maximum absolute atomic E-state index is 10.7. The summed E-state index contributed by atoms with van der Waals surface area (Å²) in [7, 11) is 0. The van der Waals surface area contributed by atoms with Crippen molar-refractivity contribution in [1.29, 1.82) is 0 Å². The molecule has 0 heterocycles. The minimum absolute atomic E-state index is 0.0462. The van der Waals surface area contributed by atoms with Gasteiger partial charge >= 0.3 is 5.97 Å². The van der Waals surface area contributed by atoms with Gasteiger partial charge in [-0.25, -0.2) is 4.79 Å². The van der Waals surface area contributed by atoms with E-state index in [9.17, 15) is 4.79 Å². The molecule has 0 saturated heterocycles. The van der Waals surface area contributed by atoms with Crippen molar-refractivity contribution in [2.45, 2.75) is 6.97 Å². The van der Waals surface area contributed by atoms with Crippen LogP contribution in [0.1, 0.15) is 0 Å². The van der Waals surface area contributed by atoms with E-state index in [1.54, 1.807) is 0 Å². The van der Waals surface area contributed by atoms with Gasteiger partial charge in [0.05, 0.1) is 3.74 Å². The van der Waals surface area contributed by atoms with Crippen LogP contribution < -0.4 is 0 Å². The normalized spacial score (nSPS) is 11.4. The van der Waals surface area contributed by atoms with E-state index in [2.05, 4.69) is 70.3 Å². The molecule has 0 bridgehead atoms. The summed E-state index contributed by atoms with van der Waals surface area (Å²) >= 11 is 13.2. The molecule has 12 heavy (non-hydrogen) atoms. The van der Waals surface area contributed by atoms with Crippen molar-refractivity contribution >= 4 is 69.7 Å². The Hall–Kier alpha value is 1.13. The lowest BCUT2D eigenvalue weighted by atomic mass is 10.5. The number of halogens is 4. The lowest BCUT2D eigenvalue weighted by molar-refractivity contribution is -0.137. The molecule has 0 aromatic heterocycles. The van der Waals surface area contributed by atoms with Gasteiger partial charge in [0, 0.05) is 6.08 Å². The highest BCUT2D eigenvalue weighted by Gasteiger charge is 2.31. The molecule has 0 aliphatic heterocycles. The Morgan fingerprint density at radius 3 is 2.42 bits per heavy atom. The maximum Gasteiger partial charge on any atom is 0.330 e. The van der Waals surface area contributed by atoms with Crippen LogP contribution in [-0.4, -0.2) is 19.5 Å². The van der Waals surface area contributed by atoms with Crippen molar-refractivity contribution in [1.82, 2.24) is 0 Å². The smallest absolute Gasteiger partial charge is 0.330 e. The first kappa shape index (κ1) is 13.1. The number of ether oxygens (including phenoxy) is 1.